The third-order valence-electron chi connectivity index (χ3n) is 0.777. The zero-order valence-electron chi connectivity index (χ0n) is 4.36. The van der Waals surface area contributed by atoms with Gasteiger partial charge in [-0.15, -0.1) is 0 Å². The number of aliphatic hydroxyl groups excluding tert-OH is 1. The highest BCUT2D eigenvalue weighted by Crippen LogP contribution is 1.99. The average Bonchev–Trinajstić information content (AvgIpc) is 1.80. The van der Waals surface area contributed by atoms with Crippen molar-refractivity contribution in [1.82, 2.24) is 0 Å². The zero-order chi connectivity index (χ0) is 6.85. The molecule has 1 saturated heterocycles. The summed E-state index contributed by atoms with van der Waals surface area (Å²) >= 11 is 0. The van der Waals surface area contributed by atoms with Gasteiger partial charge in [-0.25, -0.2) is 9.59 Å². The topological polar surface area (TPSA) is 72.8 Å². The highest BCUT2D eigenvalue weighted by Gasteiger charge is 2.27. The molecule has 1 atom stereocenters. The van der Waals surface area contributed by atoms with Gasteiger partial charge in [0.2, 0.25) is 0 Å². The molecule has 50 valence electrons. The first kappa shape index (κ1) is 6.03. The molecule has 0 aliphatic carbocycles. The number of ether oxygens (including phenoxy) is 2. The predicted octanol–water partition coefficient (Wildman–Crippen LogP) is -1.60. The van der Waals surface area contributed by atoms with Gasteiger partial charge in [-0.1, -0.05) is 0 Å². The molecular formula is C4H4O5. The van der Waals surface area contributed by atoms with E-state index >= 15 is 0 Å². The first-order valence-electron chi connectivity index (χ1n) is 2.24. The molecule has 0 radical (unpaired) electrons. The van der Waals surface area contributed by atoms with Crippen molar-refractivity contribution in [3.63, 3.8) is 0 Å². The smallest absolute Gasteiger partial charge is 0.376 e. The van der Waals surface area contributed by atoms with Crippen molar-refractivity contribution in [3.05, 3.63) is 0 Å². The number of hydrogen-bond acceptors (Lipinski definition) is 5. The van der Waals surface area contributed by atoms with Gasteiger partial charge in [0.05, 0.1) is 0 Å². The van der Waals surface area contributed by atoms with Crippen LogP contribution in [-0.2, 0) is 19.1 Å². The highest BCUT2D eigenvalue weighted by molar-refractivity contribution is 5.83. The molecule has 0 amide bonds. The molecule has 1 N–H and O–H groups in total. The summed E-state index contributed by atoms with van der Waals surface area (Å²) in [6.45, 7) is -0.407. The van der Waals surface area contributed by atoms with Crippen LogP contribution in [0.5, 0.6) is 0 Å². The Bertz CT molecular complexity index is 151. The third kappa shape index (κ3) is 1.17. The van der Waals surface area contributed by atoms with Gasteiger partial charge < -0.3 is 14.6 Å². The Labute approximate surface area is 50.2 Å². The van der Waals surface area contributed by atoms with Crippen LogP contribution in [0.1, 0.15) is 0 Å². The first-order chi connectivity index (χ1) is 4.20. The molecule has 0 spiro atoms. The molecule has 1 heterocycles. The van der Waals surface area contributed by atoms with Gasteiger partial charge in [-0.05, 0) is 0 Å². The van der Waals surface area contributed by atoms with Gasteiger partial charge in [-0.2, -0.15) is 0 Å². The number of carbonyl (C=O) groups excluding carboxylic acids is 2. The van der Waals surface area contributed by atoms with Crippen molar-refractivity contribution in [2.45, 2.75) is 6.29 Å². The second kappa shape index (κ2) is 2.02. The minimum absolute atomic E-state index is 0.407. The Hall–Kier alpha value is -1.10. The average molecular weight is 132 g/mol. The summed E-state index contributed by atoms with van der Waals surface area (Å²) in [5.41, 5.74) is 0. The minimum atomic E-state index is -1.73. The molecule has 0 unspecified atom stereocenters. The summed E-state index contributed by atoms with van der Waals surface area (Å²) in [5, 5.41) is 8.43. The second-order valence-corrected chi connectivity index (χ2v) is 1.45. The molecular weight excluding hydrogens is 128 g/mol. The molecule has 9 heavy (non-hydrogen) atoms. The number of esters is 2. The molecule has 0 aromatic heterocycles. The van der Waals surface area contributed by atoms with E-state index in [9.17, 15) is 9.59 Å². The molecule has 1 fully saturated rings. The van der Waals surface area contributed by atoms with Crippen molar-refractivity contribution < 1.29 is 24.2 Å². The lowest BCUT2D eigenvalue weighted by atomic mass is 10.5. The number of carbonyl (C=O) groups is 2. The predicted molar refractivity (Wildman–Crippen MR) is 23.1 cm³/mol. The molecule has 1 rings (SSSR count). The van der Waals surface area contributed by atoms with Crippen LogP contribution in [0.25, 0.3) is 0 Å². The maximum atomic E-state index is 10.2. The van der Waals surface area contributed by atoms with Crippen LogP contribution < -0.4 is 0 Å². The van der Waals surface area contributed by atoms with E-state index in [1.54, 1.807) is 0 Å². The molecule has 0 bridgehead atoms. The van der Waals surface area contributed by atoms with Crippen LogP contribution in [0.15, 0.2) is 0 Å². The van der Waals surface area contributed by atoms with Gasteiger partial charge in [0.25, 0.3) is 6.29 Å². The van der Waals surface area contributed by atoms with E-state index in [4.69, 9.17) is 5.11 Å². The van der Waals surface area contributed by atoms with E-state index in [1.807, 2.05) is 0 Å². The van der Waals surface area contributed by atoms with Crippen molar-refractivity contribution in [2.75, 3.05) is 6.61 Å². The number of aliphatic hydroxyl groups is 1. The van der Waals surface area contributed by atoms with Crippen molar-refractivity contribution in [2.24, 2.45) is 0 Å². The summed E-state index contributed by atoms with van der Waals surface area (Å²) in [6, 6.07) is 0. The maximum absolute atomic E-state index is 10.2. The van der Waals surface area contributed by atoms with E-state index in [1.165, 1.54) is 0 Å². The molecule has 0 aromatic rings. The summed E-state index contributed by atoms with van der Waals surface area (Å²) in [7, 11) is 0. The normalized spacial score (nSPS) is 27.0. The Morgan fingerprint density at radius 3 is 2.67 bits per heavy atom. The number of cyclic esters (lactones) is 2. The quantitative estimate of drug-likeness (QED) is 0.402. The molecule has 1 aliphatic heterocycles. The van der Waals surface area contributed by atoms with E-state index in [0.29, 0.717) is 0 Å². The molecule has 5 heteroatoms. The third-order valence-corrected chi connectivity index (χ3v) is 0.777. The summed E-state index contributed by atoms with van der Waals surface area (Å²) < 4.78 is 8.18. The number of rotatable bonds is 0. The standard InChI is InChI=1S/C4H4O5/c5-2-1-8-3(6)4(7)9-2/h4,7H,1H2/t4-/m1/s1. The molecule has 0 saturated carbocycles. The van der Waals surface area contributed by atoms with Gasteiger partial charge in [0.1, 0.15) is 0 Å². The van der Waals surface area contributed by atoms with E-state index in [-0.39, 0.29) is 0 Å². The van der Waals surface area contributed by atoms with Gasteiger partial charge in [0.15, 0.2) is 6.61 Å². The number of hydrogen-bond donors (Lipinski definition) is 1. The lowest BCUT2D eigenvalue weighted by Crippen LogP contribution is -2.37. The molecule has 5 nitrogen and oxygen atoms in total. The largest absolute Gasteiger partial charge is 0.449 e. The minimum Gasteiger partial charge on any atom is -0.449 e. The van der Waals surface area contributed by atoms with Gasteiger partial charge in [0, 0.05) is 0 Å². The molecule has 1 aliphatic rings. The monoisotopic (exact) mass is 132 g/mol. The highest BCUT2D eigenvalue weighted by atomic mass is 16.7. The SMILES string of the molecule is O=C1COC(=O)[C@H](O)O1. The van der Waals surface area contributed by atoms with Crippen molar-refractivity contribution in [1.29, 1.82) is 0 Å². The van der Waals surface area contributed by atoms with Gasteiger partial charge in [-0.3, -0.25) is 0 Å². The van der Waals surface area contributed by atoms with Crippen molar-refractivity contribution in [3.8, 4) is 0 Å². The van der Waals surface area contributed by atoms with Crippen LogP contribution in [0.4, 0.5) is 0 Å². The van der Waals surface area contributed by atoms with Crippen LogP contribution >= 0.6 is 0 Å². The Balaban J connectivity index is 2.54. The fourth-order valence-corrected chi connectivity index (χ4v) is 0.408. The van der Waals surface area contributed by atoms with E-state index in [2.05, 4.69) is 9.47 Å². The lowest BCUT2D eigenvalue weighted by molar-refractivity contribution is -0.208. The van der Waals surface area contributed by atoms with Crippen LogP contribution in [0.3, 0.4) is 0 Å². The second-order valence-electron chi connectivity index (χ2n) is 1.45. The Morgan fingerprint density at radius 2 is 2.22 bits per heavy atom. The van der Waals surface area contributed by atoms with Crippen LogP contribution in [0.2, 0.25) is 0 Å². The molecule has 0 aromatic carbocycles. The summed E-state index contributed by atoms with van der Waals surface area (Å²) in [4.78, 5) is 20.3. The van der Waals surface area contributed by atoms with Gasteiger partial charge >= 0.3 is 11.9 Å². The zero-order valence-corrected chi connectivity index (χ0v) is 4.36. The van der Waals surface area contributed by atoms with Crippen LogP contribution in [-0.4, -0.2) is 29.9 Å². The summed E-state index contributed by atoms with van der Waals surface area (Å²) in [5.74, 6) is -1.66. The Kier molecular flexibility index (Phi) is 1.35. The lowest BCUT2D eigenvalue weighted by Gasteiger charge is -2.15. The van der Waals surface area contributed by atoms with Crippen LogP contribution in [0, 0.1) is 0 Å². The fraction of sp³-hybridized carbons (Fsp3) is 0.500. The summed E-state index contributed by atoms with van der Waals surface area (Å²) in [6.07, 6.45) is -1.73. The maximum Gasteiger partial charge on any atom is 0.376 e. The van der Waals surface area contributed by atoms with E-state index < -0.39 is 24.8 Å². The van der Waals surface area contributed by atoms with E-state index in [0.717, 1.165) is 0 Å². The fourth-order valence-electron chi connectivity index (χ4n) is 0.408. The van der Waals surface area contributed by atoms with Crippen molar-refractivity contribution >= 4 is 11.9 Å². The first-order valence-corrected chi connectivity index (χ1v) is 2.24. The Morgan fingerprint density at radius 1 is 1.56 bits per heavy atom.